The summed E-state index contributed by atoms with van der Waals surface area (Å²) >= 11 is 3.51. The molecular formula is C15H22BrN3O. The minimum Gasteiger partial charge on any atom is -0.343 e. The van der Waals surface area contributed by atoms with Crippen LogP contribution in [-0.4, -0.2) is 48.4 Å². The third-order valence-corrected chi connectivity index (χ3v) is 4.44. The van der Waals surface area contributed by atoms with Gasteiger partial charge in [-0.25, -0.2) is 0 Å². The number of benzene rings is 1. The second-order valence-corrected chi connectivity index (χ2v) is 6.27. The molecular weight excluding hydrogens is 318 g/mol. The van der Waals surface area contributed by atoms with Gasteiger partial charge in [0.15, 0.2) is 0 Å². The van der Waals surface area contributed by atoms with Crippen molar-refractivity contribution in [2.75, 3.05) is 26.7 Å². The first-order valence-corrected chi connectivity index (χ1v) is 7.81. The van der Waals surface area contributed by atoms with Gasteiger partial charge in [-0.1, -0.05) is 35.0 Å². The topological polar surface area (TPSA) is 49.6 Å². The molecule has 1 heterocycles. The minimum absolute atomic E-state index is 0.0282. The molecule has 0 bridgehead atoms. The zero-order chi connectivity index (χ0) is 14.7. The molecule has 0 saturated carbocycles. The third-order valence-electron chi connectivity index (χ3n) is 3.95. The fraction of sp³-hybridized carbons (Fsp3) is 0.533. The summed E-state index contributed by atoms with van der Waals surface area (Å²) in [4.78, 5) is 15.9. The Morgan fingerprint density at radius 2 is 2.15 bits per heavy atom. The Bertz CT molecular complexity index is 480. The molecule has 5 heteroatoms. The number of rotatable bonds is 4. The maximum Gasteiger partial charge on any atom is 0.236 e. The van der Waals surface area contributed by atoms with Crippen molar-refractivity contribution in [2.24, 2.45) is 5.73 Å². The maximum absolute atomic E-state index is 12.0. The average molecular weight is 340 g/mol. The first-order valence-electron chi connectivity index (χ1n) is 7.02. The number of carbonyl (C=O) groups excluding carboxylic acids is 1. The fourth-order valence-corrected chi connectivity index (χ4v) is 3.07. The summed E-state index contributed by atoms with van der Waals surface area (Å²) in [6.07, 6.45) is 0.887. The highest BCUT2D eigenvalue weighted by molar-refractivity contribution is 9.10. The van der Waals surface area contributed by atoms with E-state index in [4.69, 9.17) is 5.73 Å². The van der Waals surface area contributed by atoms with Crippen molar-refractivity contribution in [1.29, 1.82) is 0 Å². The lowest BCUT2D eigenvalue weighted by Gasteiger charge is -2.40. The molecule has 1 aliphatic heterocycles. The maximum atomic E-state index is 12.0. The predicted octanol–water partition coefficient (Wildman–Crippen LogP) is 2.00. The van der Waals surface area contributed by atoms with Crippen LogP contribution in [0, 0.1) is 0 Å². The molecule has 2 atom stereocenters. The molecule has 1 amide bonds. The Kier molecular flexibility index (Phi) is 5.18. The van der Waals surface area contributed by atoms with Crippen molar-refractivity contribution in [1.82, 2.24) is 9.80 Å². The van der Waals surface area contributed by atoms with Crippen LogP contribution in [0.5, 0.6) is 0 Å². The summed E-state index contributed by atoms with van der Waals surface area (Å²) < 4.78 is 1.05. The van der Waals surface area contributed by atoms with Crippen LogP contribution in [0.4, 0.5) is 0 Å². The Hall–Kier alpha value is -0.910. The van der Waals surface area contributed by atoms with Gasteiger partial charge >= 0.3 is 0 Å². The van der Waals surface area contributed by atoms with Crippen LogP contribution in [0.25, 0.3) is 0 Å². The number of nitrogens with two attached hydrogens (primary N) is 1. The van der Waals surface area contributed by atoms with E-state index in [-0.39, 0.29) is 18.0 Å². The van der Waals surface area contributed by atoms with E-state index in [1.54, 1.807) is 4.90 Å². The van der Waals surface area contributed by atoms with Crippen molar-refractivity contribution in [3.63, 3.8) is 0 Å². The second kappa shape index (κ2) is 6.70. The summed E-state index contributed by atoms with van der Waals surface area (Å²) in [6, 6.07) is 8.34. The van der Waals surface area contributed by atoms with Gasteiger partial charge in [0.2, 0.25) is 5.91 Å². The van der Waals surface area contributed by atoms with Crippen molar-refractivity contribution in [2.45, 2.75) is 25.4 Å². The molecule has 0 radical (unpaired) electrons. The molecule has 0 aromatic heterocycles. The first-order chi connectivity index (χ1) is 9.52. The van der Waals surface area contributed by atoms with Gasteiger partial charge in [-0.2, -0.15) is 0 Å². The third kappa shape index (κ3) is 3.40. The van der Waals surface area contributed by atoms with Gasteiger partial charge in [0.05, 0.1) is 12.6 Å². The van der Waals surface area contributed by atoms with E-state index in [1.807, 2.05) is 19.2 Å². The number of hydrogen-bond acceptors (Lipinski definition) is 3. The lowest BCUT2D eigenvalue weighted by molar-refractivity contribution is -0.135. The molecule has 2 unspecified atom stereocenters. The monoisotopic (exact) mass is 339 g/mol. The highest BCUT2D eigenvalue weighted by Crippen LogP contribution is 2.28. The van der Waals surface area contributed by atoms with Crippen molar-refractivity contribution in [3.8, 4) is 0 Å². The van der Waals surface area contributed by atoms with Crippen LogP contribution in [0.3, 0.4) is 0 Å². The zero-order valence-corrected chi connectivity index (χ0v) is 13.6. The van der Waals surface area contributed by atoms with Crippen LogP contribution in [0.1, 0.15) is 24.9 Å². The van der Waals surface area contributed by atoms with Crippen LogP contribution >= 0.6 is 15.9 Å². The number of piperazine rings is 1. The van der Waals surface area contributed by atoms with Gasteiger partial charge < -0.3 is 10.6 Å². The SMILES string of the molecule is CCC(N)C(c1cccc(Br)c1)N1CCN(C)C(=O)C1. The van der Waals surface area contributed by atoms with E-state index in [2.05, 4.69) is 39.9 Å². The van der Waals surface area contributed by atoms with E-state index in [9.17, 15) is 4.79 Å². The smallest absolute Gasteiger partial charge is 0.236 e. The van der Waals surface area contributed by atoms with E-state index in [1.165, 1.54) is 5.56 Å². The molecule has 2 N–H and O–H groups in total. The van der Waals surface area contributed by atoms with Crippen molar-refractivity contribution >= 4 is 21.8 Å². The molecule has 1 saturated heterocycles. The molecule has 0 spiro atoms. The lowest BCUT2D eigenvalue weighted by Crippen LogP contribution is -2.52. The van der Waals surface area contributed by atoms with E-state index in [0.717, 1.165) is 24.0 Å². The van der Waals surface area contributed by atoms with Gasteiger partial charge in [0.1, 0.15) is 0 Å². The van der Waals surface area contributed by atoms with Gasteiger partial charge in [-0.15, -0.1) is 0 Å². The Labute approximate surface area is 129 Å². The van der Waals surface area contributed by atoms with E-state index in [0.29, 0.717) is 6.54 Å². The molecule has 0 aliphatic carbocycles. The molecule has 1 fully saturated rings. The summed E-state index contributed by atoms with van der Waals surface area (Å²) in [5, 5.41) is 0. The molecule has 4 nitrogen and oxygen atoms in total. The van der Waals surface area contributed by atoms with E-state index < -0.39 is 0 Å². The van der Waals surface area contributed by atoms with Crippen molar-refractivity contribution < 1.29 is 4.79 Å². The Balaban J connectivity index is 2.26. The minimum atomic E-state index is 0.0282. The Morgan fingerprint density at radius 1 is 1.40 bits per heavy atom. The fourth-order valence-electron chi connectivity index (χ4n) is 2.66. The van der Waals surface area contributed by atoms with Crippen LogP contribution < -0.4 is 5.73 Å². The quantitative estimate of drug-likeness (QED) is 0.912. The van der Waals surface area contributed by atoms with E-state index >= 15 is 0 Å². The van der Waals surface area contributed by atoms with Gasteiger partial charge in [-0.3, -0.25) is 9.69 Å². The van der Waals surface area contributed by atoms with Gasteiger partial charge in [0.25, 0.3) is 0 Å². The summed E-state index contributed by atoms with van der Waals surface area (Å²) in [6.45, 7) is 4.17. The normalized spacial score (nSPS) is 20.0. The number of hydrogen-bond donors (Lipinski definition) is 1. The molecule has 1 aromatic rings. The number of nitrogens with zero attached hydrogens (tertiary/aromatic N) is 2. The number of likely N-dealkylation sites (N-methyl/N-ethyl adjacent to an activating group) is 1. The molecule has 1 aliphatic rings. The average Bonchev–Trinajstić information content (AvgIpc) is 2.43. The first kappa shape index (κ1) is 15.5. The standard InChI is InChI=1S/C15H22BrN3O/c1-3-13(17)15(11-5-4-6-12(16)9-11)19-8-7-18(2)14(20)10-19/h4-6,9,13,15H,3,7-8,10,17H2,1-2H3. The Morgan fingerprint density at radius 3 is 2.75 bits per heavy atom. The van der Waals surface area contributed by atoms with Crippen molar-refractivity contribution in [3.05, 3.63) is 34.3 Å². The largest absolute Gasteiger partial charge is 0.343 e. The summed E-state index contributed by atoms with van der Waals surface area (Å²) in [5.41, 5.74) is 7.50. The number of carbonyl (C=O) groups is 1. The molecule has 20 heavy (non-hydrogen) atoms. The predicted molar refractivity (Wildman–Crippen MR) is 84.4 cm³/mol. The van der Waals surface area contributed by atoms with Gasteiger partial charge in [-0.05, 0) is 24.1 Å². The number of halogens is 1. The lowest BCUT2D eigenvalue weighted by atomic mass is 9.95. The van der Waals surface area contributed by atoms with Gasteiger partial charge in [0, 0.05) is 30.7 Å². The van der Waals surface area contributed by atoms with Crippen LogP contribution in [0.15, 0.2) is 28.7 Å². The number of amides is 1. The van der Waals surface area contributed by atoms with Crippen LogP contribution in [-0.2, 0) is 4.79 Å². The molecule has 110 valence electrons. The zero-order valence-electron chi connectivity index (χ0n) is 12.1. The summed E-state index contributed by atoms with van der Waals surface area (Å²) in [5.74, 6) is 0.166. The van der Waals surface area contributed by atoms with Crippen LogP contribution in [0.2, 0.25) is 0 Å². The summed E-state index contributed by atoms with van der Waals surface area (Å²) in [7, 11) is 1.85. The highest BCUT2D eigenvalue weighted by Gasteiger charge is 2.31. The molecule has 2 rings (SSSR count). The molecule has 1 aromatic carbocycles. The second-order valence-electron chi connectivity index (χ2n) is 5.36. The highest BCUT2D eigenvalue weighted by atomic mass is 79.9.